The minimum absolute atomic E-state index is 0. The predicted molar refractivity (Wildman–Crippen MR) is 218 cm³/mol. The Bertz CT molecular complexity index is 2020. The van der Waals surface area contributed by atoms with E-state index in [9.17, 15) is 0 Å². The fraction of sp³-hybridized carbons (Fsp3) is 0.440. The third-order valence-corrected chi connectivity index (χ3v) is 13.3. The Morgan fingerprint density at radius 1 is 0.717 bits per heavy atom. The number of hydrogen-bond donors (Lipinski definition) is 0. The van der Waals surface area contributed by atoms with E-state index in [-0.39, 0.29) is 35.6 Å². The van der Waals surface area contributed by atoms with Crippen LogP contribution in [-0.2, 0) is 35.1 Å². The van der Waals surface area contributed by atoms with E-state index in [2.05, 4.69) is 156 Å². The molecule has 0 saturated heterocycles. The van der Waals surface area contributed by atoms with Crippen LogP contribution in [0.1, 0.15) is 117 Å². The molecule has 0 aromatic heterocycles. The van der Waals surface area contributed by atoms with Crippen LogP contribution in [-0.4, -0.2) is 3.71 Å². The molecule has 4 fully saturated rings. The Labute approximate surface area is 347 Å². The van der Waals surface area contributed by atoms with Crippen molar-refractivity contribution in [3.8, 4) is 0 Å². The molecule has 5 aliphatic rings. The molecule has 1 atom stereocenters. The molecule has 0 aliphatic heterocycles. The van der Waals surface area contributed by atoms with Gasteiger partial charge < -0.3 is 24.8 Å². The summed E-state index contributed by atoms with van der Waals surface area (Å²) in [5.74, 6) is 3.82. The average Bonchev–Trinajstić information content (AvgIpc) is 3.60. The Morgan fingerprint density at radius 2 is 1.23 bits per heavy atom. The third-order valence-electron chi connectivity index (χ3n) is 12.5. The molecule has 1 unspecified atom stereocenters. The maximum absolute atomic E-state index is 3.57. The predicted octanol–water partition coefficient (Wildman–Crippen LogP) is 7.77. The van der Waals surface area contributed by atoms with Gasteiger partial charge in [-0.05, 0) is 72.5 Å². The summed E-state index contributed by atoms with van der Waals surface area (Å²) >= 11 is 1.46. The van der Waals surface area contributed by atoms with Gasteiger partial charge in [-0.1, -0.05) is 103 Å². The van der Waals surface area contributed by atoms with Gasteiger partial charge in [-0.3, -0.25) is 6.08 Å². The van der Waals surface area contributed by atoms with Gasteiger partial charge in [0.05, 0.1) is 0 Å². The molecule has 53 heavy (non-hydrogen) atoms. The maximum atomic E-state index is 3.57. The molecule has 0 heterocycles. The van der Waals surface area contributed by atoms with Gasteiger partial charge in [-0.15, -0.1) is 39.7 Å². The van der Waals surface area contributed by atoms with Gasteiger partial charge in [0.2, 0.25) is 0 Å². The van der Waals surface area contributed by atoms with Crippen LogP contribution in [0.3, 0.4) is 0 Å². The van der Waals surface area contributed by atoms with Gasteiger partial charge in [-0.2, -0.15) is 11.6 Å². The van der Waals surface area contributed by atoms with E-state index in [1.54, 1.807) is 44.1 Å². The molecule has 0 N–H and O–H groups in total. The molecular weight excluding hydrogens is 763 g/mol. The first-order valence-electron chi connectivity index (χ1n) is 19.6. The van der Waals surface area contributed by atoms with E-state index in [4.69, 9.17) is 0 Å². The fourth-order valence-corrected chi connectivity index (χ4v) is 10.9. The van der Waals surface area contributed by atoms with E-state index in [1.807, 2.05) is 0 Å². The Kier molecular flexibility index (Phi) is 13.1. The van der Waals surface area contributed by atoms with E-state index in [0.717, 1.165) is 17.8 Å². The molecule has 4 bridgehead atoms. The van der Waals surface area contributed by atoms with Crippen molar-refractivity contribution in [3.63, 3.8) is 0 Å². The van der Waals surface area contributed by atoms with Crippen LogP contribution in [0.25, 0.3) is 32.3 Å². The first-order chi connectivity index (χ1) is 24.2. The van der Waals surface area contributed by atoms with Crippen molar-refractivity contribution >= 4 is 36.0 Å². The van der Waals surface area contributed by atoms with Gasteiger partial charge in [0.15, 0.2) is 0 Å². The average molecular weight is 821 g/mol. The van der Waals surface area contributed by atoms with Crippen LogP contribution >= 0.6 is 0 Å². The molecule has 5 aliphatic carbocycles. The summed E-state index contributed by atoms with van der Waals surface area (Å²) in [4.78, 5) is 0. The van der Waals surface area contributed by atoms with E-state index >= 15 is 0 Å². The van der Waals surface area contributed by atoms with E-state index in [0.29, 0.717) is 11.3 Å². The molecule has 278 valence electrons. The molecule has 5 aromatic carbocycles. The Balaban J connectivity index is 0.000000155. The number of fused-ring (bicyclic) bond motifs is 4. The summed E-state index contributed by atoms with van der Waals surface area (Å²) < 4.78 is 2.23. The van der Waals surface area contributed by atoms with Crippen molar-refractivity contribution in [2.45, 2.75) is 111 Å². The molecular formula is C50H58Cl2Zr-2. The quantitative estimate of drug-likeness (QED) is 0.163. The van der Waals surface area contributed by atoms with Gasteiger partial charge in [-0.25, -0.2) is 5.57 Å². The number of hydrogen-bond acceptors (Lipinski definition) is 0. The number of benzene rings is 4. The molecule has 0 amide bonds. The SMILES string of the molecule is CC(C)(C)c1ccc2[cH-]c3ccc(C(C)(C)C)cc3c2c1.CC1=[C-]C(C)C=C1CC12CC3CC(CC(C3)C1)C2.[Cl-].[Cl-].[Zr+2]=[CH]c1cccc2ccccc12. The zero-order chi connectivity index (χ0) is 36.1. The number of rotatable bonds is 3. The molecule has 3 heteroatoms. The van der Waals surface area contributed by atoms with Crippen molar-refractivity contribution in [1.29, 1.82) is 0 Å². The zero-order valence-electron chi connectivity index (χ0n) is 33.3. The van der Waals surface area contributed by atoms with Crippen LogP contribution in [0.4, 0.5) is 0 Å². The summed E-state index contributed by atoms with van der Waals surface area (Å²) in [6.45, 7) is 18.2. The topological polar surface area (TPSA) is 0 Å². The summed E-state index contributed by atoms with van der Waals surface area (Å²) in [6, 6.07) is 31.1. The van der Waals surface area contributed by atoms with Gasteiger partial charge in [0, 0.05) is 0 Å². The second-order valence-corrected chi connectivity index (χ2v) is 19.5. The molecule has 5 aromatic rings. The molecule has 0 nitrogen and oxygen atoms in total. The standard InChI is InChI=1S/C21H25.C18H25.C11H8.2ClH.Zr/c1-20(2,3)16-9-7-14-11-15-8-10-17(21(4,5)6)13-19(15)18(14)12-16;1-12-3-13(2)17(4-12)11-18-8-14-5-15(9-18)7-16(6-14)10-18;1-9-5-4-7-10-6-2-3-8-11(9)10;;;/h7-13H,1-6H3;4,12,14-16H,5-11H2,1-2H3;1-8H;2*1H;/q2*-1;;;;+2/p-2. The van der Waals surface area contributed by atoms with Crippen molar-refractivity contribution < 1.29 is 49.0 Å². The van der Waals surface area contributed by atoms with Crippen LogP contribution < -0.4 is 24.8 Å². The second-order valence-electron chi connectivity index (χ2n) is 18.8. The van der Waals surface area contributed by atoms with Gasteiger partial charge in [0.25, 0.3) is 0 Å². The van der Waals surface area contributed by atoms with Crippen LogP contribution in [0.5, 0.6) is 0 Å². The molecule has 0 radical (unpaired) electrons. The third kappa shape index (κ3) is 9.28. The summed E-state index contributed by atoms with van der Waals surface area (Å²) in [5.41, 5.74) is 8.35. The summed E-state index contributed by atoms with van der Waals surface area (Å²) in [7, 11) is 0. The van der Waals surface area contributed by atoms with Crippen molar-refractivity contribution in [2.24, 2.45) is 29.1 Å². The van der Waals surface area contributed by atoms with Crippen molar-refractivity contribution in [2.75, 3.05) is 0 Å². The first-order valence-corrected chi connectivity index (χ1v) is 21.1. The van der Waals surface area contributed by atoms with E-state index in [1.165, 1.54) is 85.2 Å². The fourth-order valence-electron chi connectivity index (χ4n) is 10.3. The van der Waals surface area contributed by atoms with Crippen LogP contribution in [0.15, 0.2) is 102 Å². The number of allylic oxidation sites excluding steroid dienone is 4. The van der Waals surface area contributed by atoms with Crippen molar-refractivity contribution in [3.05, 3.63) is 125 Å². The van der Waals surface area contributed by atoms with Gasteiger partial charge >= 0.3 is 86.7 Å². The zero-order valence-corrected chi connectivity index (χ0v) is 37.2. The van der Waals surface area contributed by atoms with Crippen LogP contribution in [0.2, 0.25) is 0 Å². The molecule has 10 rings (SSSR count). The molecule has 4 saturated carbocycles. The van der Waals surface area contributed by atoms with E-state index < -0.39 is 0 Å². The normalized spacial score (nSPS) is 24.3. The van der Waals surface area contributed by atoms with Gasteiger partial charge in [0.1, 0.15) is 0 Å². The monoisotopic (exact) mass is 818 g/mol. The Hall–Kier alpha value is -2.18. The van der Waals surface area contributed by atoms with Crippen LogP contribution in [0, 0.1) is 35.2 Å². The summed E-state index contributed by atoms with van der Waals surface area (Å²) in [5, 5.41) is 8.17. The molecule has 0 spiro atoms. The minimum atomic E-state index is 0. The number of halogens is 2. The first kappa shape index (κ1) is 42.0. The van der Waals surface area contributed by atoms with Crippen molar-refractivity contribution in [1.82, 2.24) is 0 Å². The Morgan fingerprint density at radius 3 is 1.70 bits per heavy atom. The summed E-state index contributed by atoms with van der Waals surface area (Å²) in [6.07, 6.45) is 16.7. The second kappa shape index (κ2) is 16.5.